The standard InChI is InChI=1S/C24H32N2O2/c1-24(2,3)26(23(27)20-13-6-7-15-22(20)28-5)19-12-10-11-18(17-19)21-14-8-9-16-25(21)4/h6-7,10-13,15,17,21H,8-9,14,16H2,1-5H3. The number of hydrogen-bond acceptors (Lipinski definition) is 3. The number of piperidine rings is 1. The molecule has 0 aromatic heterocycles. The van der Waals surface area contributed by atoms with E-state index in [1.807, 2.05) is 35.2 Å². The van der Waals surface area contributed by atoms with E-state index in [0.717, 1.165) is 18.7 Å². The van der Waals surface area contributed by atoms with Crippen molar-refractivity contribution < 1.29 is 9.53 Å². The van der Waals surface area contributed by atoms with Gasteiger partial charge in [0.1, 0.15) is 5.75 Å². The van der Waals surface area contributed by atoms with Crippen LogP contribution in [0.1, 0.15) is 62.0 Å². The maximum Gasteiger partial charge on any atom is 0.262 e. The summed E-state index contributed by atoms with van der Waals surface area (Å²) in [5, 5.41) is 0. The third-order valence-electron chi connectivity index (χ3n) is 5.49. The van der Waals surface area contributed by atoms with Gasteiger partial charge in [0.2, 0.25) is 0 Å². The molecular formula is C24H32N2O2. The van der Waals surface area contributed by atoms with E-state index < -0.39 is 0 Å². The van der Waals surface area contributed by atoms with Gasteiger partial charge in [-0.25, -0.2) is 0 Å². The largest absolute Gasteiger partial charge is 0.496 e. The van der Waals surface area contributed by atoms with Crippen LogP contribution in [0.2, 0.25) is 0 Å². The van der Waals surface area contributed by atoms with Crippen molar-refractivity contribution in [1.29, 1.82) is 0 Å². The van der Waals surface area contributed by atoms with Crippen molar-refractivity contribution in [1.82, 2.24) is 4.90 Å². The molecule has 28 heavy (non-hydrogen) atoms. The first-order chi connectivity index (χ1) is 13.3. The van der Waals surface area contributed by atoms with E-state index in [1.165, 1.54) is 18.4 Å². The Balaban J connectivity index is 2.01. The number of rotatable bonds is 4. The van der Waals surface area contributed by atoms with Crippen molar-refractivity contribution in [2.24, 2.45) is 0 Å². The fourth-order valence-corrected chi connectivity index (χ4v) is 4.12. The molecule has 0 spiro atoms. The van der Waals surface area contributed by atoms with Gasteiger partial charge < -0.3 is 9.64 Å². The van der Waals surface area contributed by atoms with Crippen LogP contribution in [0, 0.1) is 0 Å². The second-order valence-electron chi connectivity index (χ2n) is 8.60. The molecule has 0 bridgehead atoms. The molecule has 1 aliphatic rings. The normalized spacial score (nSPS) is 18.0. The van der Waals surface area contributed by atoms with E-state index >= 15 is 0 Å². The van der Waals surface area contributed by atoms with E-state index in [-0.39, 0.29) is 11.4 Å². The van der Waals surface area contributed by atoms with Gasteiger partial charge in [-0.05, 0) is 77.0 Å². The van der Waals surface area contributed by atoms with Crippen LogP contribution >= 0.6 is 0 Å². The van der Waals surface area contributed by atoms with Crippen molar-refractivity contribution >= 4 is 11.6 Å². The second kappa shape index (κ2) is 8.36. The smallest absolute Gasteiger partial charge is 0.262 e. The number of methoxy groups -OCH3 is 1. The highest BCUT2D eigenvalue weighted by Crippen LogP contribution is 2.34. The van der Waals surface area contributed by atoms with Crippen molar-refractivity contribution in [3.05, 3.63) is 59.7 Å². The molecule has 0 aliphatic carbocycles. The van der Waals surface area contributed by atoms with E-state index in [0.29, 0.717) is 17.4 Å². The Kier molecular flexibility index (Phi) is 6.09. The zero-order valence-corrected chi connectivity index (χ0v) is 17.7. The monoisotopic (exact) mass is 380 g/mol. The van der Waals surface area contributed by atoms with Crippen LogP contribution in [0.4, 0.5) is 5.69 Å². The van der Waals surface area contributed by atoms with Crippen molar-refractivity contribution in [3.63, 3.8) is 0 Å². The van der Waals surface area contributed by atoms with E-state index in [1.54, 1.807) is 7.11 Å². The number of benzene rings is 2. The van der Waals surface area contributed by atoms with E-state index in [9.17, 15) is 4.79 Å². The molecule has 1 atom stereocenters. The molecule has 0 radical (unpaired) electrons. The summed E-state index contributed by atoms with van der Waals surface area (Å²) in [4.78, 5) is 17.9. The number of para-hydroxylation sites is 1. The van der Waals surface area contributed by atoms with Crippen LogP contribution in [-0.2, 0) is 0 Å². The minimum Gasteiger partial charge on any atom is -0.496 e. The van der Waals surface area contributed by atoms with Gasteiger partial charge in [-0.2, -0.15) is 0 Å². The summed E-state index contributed by atoms with van der Waals surface area (Å²) in [6.07, 6.45) is 3.67. The molecule has 1 fully saturated rings. The number of nitrogens with zero attached hydrogens (tertiary/aromatic N) is 2. The molecule has 1 unspecified atom stereocenters. The lowest BCUT2D eigenvalue weighted by atomic mass is 9.94. The summed E-state index contributed by atoms with van der Waals surface area (Å²) in [5.41, 5.74) is 2.43. The van der Waals surface area contributed by atoms with Crippen LogP contribution in [-0.4, -0.2) is 37.0 Å². The fourth-order valence-electron chi connectivity index (χ4n) is 4.12. The predicted octanol–water partition coefficient (Wildman–Crippen LogP) is 5.30. The summed E-state index contributed by atoms with van der Waals surface area (Å²) in [5.74, 6) is 0.559. The Bertz CT molecular complexity index is 825. The Morgan fingerprint density at radius 1 is 1.11 bits per heavy atom. The molecule has 2 aromatic rings. The first-order valence-electron chi connectivity index (χ1n) is 10.1. The zero-order valence-electron chi connectivity index (χ0n) is 17.7. The molecule has 1 amide bonds. The highest BCUT2D eigenvalue weighted by molar-refractivity contribution is 6.08. The Morgan fingerprint density at radius 2 is 1.86 bits per heavy atom. The molecule has 4 heteroatoms. The molecule has 1 saturated heterocycles. The van der Waals surface area contributed by atoms with Crippen molar-refractivity contribution in [2.75, 3.05) is 25.6 Å². The average molecular weight is 381 g/mol. The van der Waals surface area contributed by atoms with Crippen LogP contribution in [0.15, 0.2) is 48.5 Å². The first kappa shape index (κ1) is 20.4. The van der Waals surface area contributed by atoms with Crippen molar-refractivity contribution in [3.8, 4) is 5.75 Å². The SMILES string of the molecule is COc1ccccc1C(=O)N(c1cccc(C2CCCCN2C)c1)C(C)(C)C. The molecular weight excluding hydrogens is 348 g/mol. The topological polar surface area (TPSA) is 32.8 Å². The molecule has 2 aromatic carbocycles. The summed E-state index contributed by atoms with van der Waals surface area (Å²) in [6.45, 7) is 7.33. The lowest BCUT2D eigenvalue weighted by Crippen LogP contribution is -2.46. The predicted molar refractivity (Wildman–Crippen MR) is 115 cm³/mol. The van der Waals surface area contributed by atoms with Gasteiger partial charge in [-0.3, -0.25) is 9.69 Å². The minimum atomic E-state index is -0.366. The van der Waals surface area contributed by atoms with Gasteiger partial charge in [0.05, 0.1) is 12.7 Å². The number of likely N-dealkylation sites (tertiary alicyclic amines) is 1. The van der Waals surface area contributed by atoms with Crippen LogP contribution in [0.25, 0.3) is 0 Å². The van der Waals surface area contributed by atoms with Gasteiger partial charge in [-0.1, -0.05) is 30.7 Å². The number of carbonyl (C=O) groups excluding carboxylic acids is 1. The number of carbonyl (C=O) groups is 1. The third-order valence-corrected chi connectivity index (χ3v) is 5.49. The maximum absolute atomic E-state index is 13.6. The Hall–Kier alpha value is -2.33. The number of amides is 1. The van der Waals surface area contributed by atoms with E-state index in [4.69, 9.17) is 4.74 Å². The van der Waals surface area contributed by atoms with Gasteiger partial charge in [0.25, 0.3) is 5.91 Å². The minimum absolute atomic E-state index is 0.0425. The van der Waals surface area contributed by atoms with Gasteiger partial charge in [0.15, 0.2) is 0 Å². The van der Waals surface area contributed by atoms with Gasteiger partial charge >= 0.3 is 0 Å². The van der Waals surface area contributed by atoms with E-state index in [2.05, 4.69) is 50.9 Å². The lowest BCUT2D eigenvalue weighted by Gasteiger charge is -2.37. The summed E-state index contributed by atoms with van der Waals surface area (Å²) in [7, 11) is 3.80. The Morgan fingerprint density at radius 3 is 2.54 bits per heavy atom. The quantitative estimate of drug-likeness (QED) is 0.722. The van der Waals surface area contributed by atoms with Crippen LogP contribution in [0.5, 0.6) is 5.75 Å². The lowest BCUT2D eigenvalue weighted by molar-refractivity contribution is 0.0963. The zero-order chi connectivity index (χ0) is 20.3. The molecule has 0 saturated carbocycles. The molecule has 1 aliphatic heterocycles. The molecule has 3 rings (SSSR count). The third kappa shape index (κ3) is 4.22. The van der Waals surface area contributed by atoms with Crippen LogP contribution < -0.4 is 9.64 Å². The molecule has 4 nitrogen and oxygen atoms in total. The summed E-state index contributed by atoms with van der Waals surface area (Å²) in [6, 6.07) is 16.3. The van der Waals surface area contributed by atoms with Gasteiger partial charge in [-0.15, -0.1) is 0 Å². The molecule has 1 heterocycles. The summed E-state index contributed by atoms with van der Waals surface area (Å²) >= 11 is 0. The van der Waals surface area contributed by atoms with Gasteiger partial charge in [0, 0.05) is 17.3 Å². The number of anilines is 1. The van der Waals surface area contributed by atoms with Crippen molar-refractivity contribution in [2.45, 2.75) is 51.6 Å². The Labute approximate surface area is 169 Å². The average Bonchev–Trinajstić information content (AvgIpc) is 2.67. The maximum atomic E-state index is 13.6. The summed E-state index contributed by atoms with van der Waals surface area (Å²) < 4.78 is 5.44. The molecule has 0 N–H and O–H groups in total. The number of hydrogen-bond donors (Lipinski definition) is 0. The number of ether oxygens (including phenoxy) is 1. The van der Waals surface area contributed by atoms with Crippen LogP contribution in [0.3, 0.4) is 0 Å². The second-order valence-corrected chi connectivity index (χ2v) is 8.60. The highest BCUT2D eigenvalue weighted by atomic mass is 16.5. The first-order valence-corrected chi connectivity index (χ1v) is 10.1. The highest BCUT2D eigenvalue weighted by Gasteiger charge is 2.31. The fraction of sp³-hybridized carbons (Fsp3) is 0.458. The molecule has 150 valence electrons.